The zero-order chi connectivity index (χ0) is 28.9. The predicted molar refractivity (Wildman–Crippen MR) is 145 cm³/mol. The van der Waals surface area contributed by atoms with Gasteiger partial charge in [-0.1, -0.05) is 44.9 Å². The number of fused-ring (bicyclic) bond motifs is 1. The van der Waals surface area contributed by atoms with Gasteiger partial charge in [0.25, 0.3) is 5.56 Å². The number of nitrogens with zero attached hydrogens (tertiary/aromatic N) is 3. The summed E-state index contributed by atoms with van der Waals surface area (Å²) in [6.07, 6.45) is 2.14. The molecule has 0 fully saturated rings. The van der Waals surface area contributed by atoms with Crippen molar-refractivity contribution >= 4 is 30.8 Å². The van der Waals surface area contributed by atoms with Gasteiger partial charge in [0, 0.05) is 0 Å². The Balaban J connectivity index is 1.46. The summed E-state index contributed by atoms with van der Waals surface area (Å²) in [5.74, 6) is -0.134. The Morgan fingerprint density at radius 3 is 2.73 bits per heavy atom. The maximum atomic E-state index is 13.8. The summed E-state index contributed by atoms with van der Waals surface area (Å²) in [4.78, 5) is 35.2. The fraction of sp³-hybridized carbons (Fsp3) is 0.440. The number of nitrogens with two attached hydrogens (primary N) is 1. The highest BCUT2D eigenvalue weighted by atomic mass is 31.2. The highest BCUT2D eigenvalue weighted by molar-refractivity contribution is 7.52. The molecule has 0 spiro atoms. The first kappa shape index (κ1) is 29.3. The normalized spacial score (nSPS) is 19.2. The zero-order valence-electron chi connectivity index (χ0n) is 22.4. The van der Waals surface area contributed by atoms with Gasteiger partial charge >= 0.3 is 13.7 Å². The van der Waals surface area contributed by atoms with E-state index in [9.17, 15) is 19.3 Å². The van der Waals surface area contributed by atoms with Crippen molar-refractivity contribution in [3.05, 3.63) is 58.8 Å². The molecule has 0 bridgehead atoms. The lowest BCUT2D eigenvalue weighted by atomic mass is 10.1. The second-order valence-corrected chi connectivity index (χ2v) is 10.9. The van der Waals surface area contributed by atoms with E-state index in [1.807, 2.05) is 13.8 Å². The molecule has 15 heteroatoms. The number of esters is 1. The second kappa shape index (κ2) is 12.6. The number of aliphatic hydroxyl groups excluding tert-OH is 1. The monoisotopic (exact) mass is 576 g/mol. The van der Waals surface area contributed by atoms with E-state index in [0.29, 0.717) is 0 Å². The molecule has 216 valence electrons. The van der Waals surface area contributed by atoms with Gasteiger partial charge in [0.05, 0.1) is 6.61 Å². The van der Waals surface area contributed by atoms with Crippen LogP contribution in [0.5, 0.6) is 5.75 Å². The Morgan fingerprint density at radius 1 is 1.30 bits per heavy atom. The minimum Gasteiger partial charge on any atom is -0.469 e. The molecule has 2 aromatic heterocycles. The first-order valence-corrected chi connectivity index (χ1v) is 14.4. The molecule has 1 aliphatic rings. The third-order valence-electron chi connectivity index (χ3n) is 6.31. The lowest BCUT2D eigenvalue weighted by Crippen LogP contribution is -2.36. The summed E-state index contributed by atoms with van der Waals surface area (Å²) in [5, 5.41) is 13.3. The van der Waals surface area contributed by atoms with Gasteiger partial charge in [-0.15, -0.1) is 0 Å². The van der Waals surface area contributed by atoms with E-state index in [1.54, 1.807) is 30.3 Å². The molecule has 40 heavy (non-hydrogen) atoms. The van der Waals surface area contributed by atoms with Gasteiger partial charge < -0.3 is 24.8 Å². The topological polar surface area (TPSA) is 193 Å². The highest BCUT2D eigenvalue weighted by Gasteiger charge is 2.36. The second-order valence-electron chi connectivity index (χ2n) is 9.25. The molecule has 4 atom stereocenters. The number of aliphatic hydroxyl groups is 1. The lowest BCUT2D eigenvalue weighted by Gasteiger charge is -2.24. The molecular weight excluding hydrogens is 543 g/mol. The van der Waals surface area contributed by atoms with Crippen molar-refractivity contribution in [2.45, 2.75) is 52.0 Å². The molecule has 0 saturated heterocycles. The van der Waals surface area contributed by atoms with Crippen LogP contribution in [0.25, 0.3) is 11.2 Å². The van der Waals surface area contributed by atoms with Crippen molar-refractivity contribution in [1.82, 2.24) is 24.6 Å². The van der Waals surface area contributed by atoms with Gasteiger partial charge in [-0.2, -0.15) is 10.1 Å². The molecule has 2 unspecified atom stereocenters. The van der Waals surface area contributed by atoms with Crippen molar-refractivity contribution in [1.29, 1.82) is 0 Å². The van der Waals surface area contributed by atoms with Crippen LogP contribution in [-0.2, 0) is 23.4 Å². The molecule has 5 N–H and O–H groups in total. The molecule has 0 radical (unpaired) electrons. The van der Waals surface area contributed by atoms with Crippen molar-refractivity contribution in [3.63, 3.8) is 0 Å². The third kappa shape index (κ3) is 6.89. The fourth-order valence-corrected chi connectivity index (χ4v) is 5.42. The maximum Gasteiger partial charge on any atom is 0.459 e. The van der Waals surface area contributed by atoms with Crippen LogP contribution < -0.4 is 20.9 Å². The summed E-state index contributed by atoms with van der Waals surface area (Å²) in [6, 6.07) is 7.30. The van der Waals surface area contributed by atoms with Crippen LogP contribution in [0, 0.1) is 5.92 Å². The van der Waals surface area contributed by atoms with Crippen molar-refractivity contribution < 1.29 is 33.0 Å². The number of carbonyl (C=O) groups excluding carboxylic acids is 1. The van der Waals surface area contributed by atoms with E-state index < -0.39 is 37.6 Å². The molecule has 14 nitrogen and oxygen atoms in total. The summed E-state index contributed by atoms with van der Waals surface area (Å²) in [6.45, 7) is 5.39. The van der Waals surface area contributed by atoms with E-state index in [2.05, 4.69) is 20.0 Å². The van der Waals surface area contributed by atoms with E-state index in [-0.39, 0.29) is 47.8 Å². The first-order valence-electron chi connectivity index (χ1n) is 12.8. The number of hydrogen-bond acceptors (Lipinski definition) is 11. The first-order chi connectivity index (χ1) is 19.1. The number of benzene rings is 1. The third-order valence-corrected chi connectivity index (χ3v) is 7.94. The van der Waals surface area contributed by atoms with Crippen LogP contribution in [0.3, 0.4) is 0 Å². The number of imidazole rings is 1. The van der Waals surface area contributed by atoms with Crippen molar-refractivity contribution in [2.24, 2.45) is 5.92 Å². The number of ether oxygens (including phenoxy) is 2. The van der Waals surface area contributed by atoms with Crippen LogP contribution >= 0.6 is 7.75 Å². The molecular formula is C25H33N6O8P. The van der Waals surface area contributed by atoms with E-state index in [0.717, 1.165) is 12.8 Å². The average Bonchev–Trinajstić information content (AvgIpc) is 3.51. The van der Waals surface area contributed by atoms with Crippen LogP contribution in [-0.4, -0.2) is 56.0 Å². The highest BCUT2D eigenvalue weighted by Crippen LogP contribution is 2.46. The number of anilines is 1. The Morgan fingerprint density at radius 2 is 2.02 bits per heavy atom. The Bertz CT molecular complexity index is 1450. The van der Waals surface area contributed by atoms with Gasteiger partial charge in [-0.05, 0) is 31.1 Å². The largest absolute Gasteiger partial charge is 0.469 e. The van der Waals surface area contributed by atoms with E-state index >= 15 is 0 Å². The number of H-pyrrole nitrogens is 1. The summed E-state index contributed by atoms with van der Waals surface area (Å²) in [7, 11) is -4.16. The average molecular weight is 577 g/mol. The summed E-state index contributed by atoms with van der Waals surface area (Å²) < 4.78 is 37.6. The molecule has 3 heterocycles. The van der Waals surface area contributed by atoms with Gasteiger partial charge in [0.1, 0.15) is 36.6 Å². The summed E-state index contributed by atoms with van der Waals surface area (Å²) in [5.41, 5.74) is 5.24. The fourth-order valence-electron chi connectivity index (χ4n) is 3.97. The smallest absolute Gasteiger partial charge is 0.459 e. The number of aromatic amines is 1. The number of rotatable bonds is 13. The number of hydrogen-bond donors (Lipinski definition) is 4. The molecule has 0 amide bonds. The lowest BCUT2D eigenvalue weighted by molar-refractivity contribution is -0.146. The SMILES string of the molecule is CCC(CC)COC(=O)[C@H](C)N[P@](=O)(OCC1=CC(O)C(n2cnc3c(=O)[nH]c(N)nc32)O1)Oc1ccccc1. The number of nitrogen functional groups attached to an aromatic ring is 1. The quantitative estimate of drug-likeness (QED) is 0.172. The number of nitrogens with one attached hydrogen (secondary N) is 2. The van der Waals surface area contributed by atoms with E-state index in [1.165, 1.54) is 23.9 Å². The van der Waals surface area contributed by atoms with Crippen LogP contribution in [0.15, 0.2) is 53.3 Å². The number of para-hydroxylation sites is 1. The van der Waals surface area contributed by atoms with Crippen LogP contribution in [0.4, 0.5) is 5.95 Å². The minimum absolute atomic E-state index is 0.0183. The van der Waals surface area contributed by atoms with Crippen LogP contribution in [0.1, 0.15) is 39.8 Å². The van der Waals surface area contributed by atoms with Crippen molar-refractivity contribution in [3.8, 4) is 5.75 Å². The minimum atomic E-state index is -4.16. The zero-order valence-corrected chi connectivity index (χ0v) is 23.2. The number of aromatic nitrogens is 4. The predicted octanol–water partition coefficient (Wildman–Crippen LogP) is 2.64. The Hall–Kier alpha value is -3.71. The molecule has 1 aliphatic heterocycles. The van der Waals surface area contributed by atoms with Gasteiger partial charge in [-0.3, -0.25) is 23.7 Å². The van der Waals surface area contributed by atoms with E-state index in [4.69, 9.17) is 24.3 Å². The Kier molecular flexibility index (Phi) is 9.25. The molecule has 0 aliphatic carbocycles. The molecule has 4 rings (SSSR count). The molecule has 1 aromatic carbocycles. The molecule has 0 saturated carbocycles. The maximum absolute atomic E-state index is 13.8. The standard InChI is InChI=1S/C25H33N6O8P/c1-4-16(5-2)12-36-24(34)15(3)30-40(35,39-17-9-7-6-8-10-17)37-13-18-11-19(32)23(38-18)31-14-27-20-21(31)28-25(26)29-22(20)33/h6-11,14-16,19,23,32H,4-5,12-13H2,1-3H3,(H,30,35)(H3,26,28,29,33)/t15-,19?,23?,40-/m0/s1. The van der Waals surface area contributed by atoms with Gasteiger partial charge in [0.2, 0.25) is 12.2 Å². The molecule has 3 aromatic rings. The Labute approximate surface area is 230 Å². The number of carbonyl (C=O) groups is 1. The van der Waals surface area contributed by atoms with Gasteiger partial charge in [-0.25, -0.2) is 9.55 Å². The van der Waals surface area contributed by atoms with Crippen molar-refractivity contribution in [2.75, 3.05) is 18.9 Å². The van der Waals surface area contributed by atoms with Crippen LogP contribution in [0.2, 0.25) is 0 Å². The summed E-state index contributed by atoms with van der Waals surface area (Å²) >= 11 is 0. The van der Waals surface area contributed by atoms with Gasteiger partial charge in [0.15, 0.2) is 11.2 Å².